The smallest absolute Gasteiger partial charge is 0.239 e. The molecule has 0 aromatic heterocycles. The molecule has 0 aromatic carbocycles. The van der Waals surface area contributed by atoms with Gasteiger partial charge in [0.15, 0.2) is 0 Å². The molecule has 1 rings (SSSR count). The second kappa shape index (κ2) is 4.30. The van der Waals surface area contributed by atoms with E-state index in [0.29, 0.717) is 17.9 Å². The third-order valence-corrected chi connectivity index (χ3v) is 3.27. The molecule has 0 aromatic rings. The minimum Gasteiger partial charge on any atom is -0.338 e. The highest BCUT2D eigenvalue weighted by atomic mass is 16.2. The molecule has 3 heteroatoms. The minimum absolute atomic E-state index is 0.0934. The fourth-order valence-electron chi connectivity index (χ4n) is 2.27. The zero-order chi connectivity index (χ0) is 10.9. The second-order valence-electron chi connectivity index (χ2n) is 4.84. The van der Waals surface area contributed by atoms with E-state index in [1.54, 1.807) is 6.92 Å². The van der Waals surface area contributed by atoms with Crippen LogP contribution < -0.4 is 5.73 Å². The molecule has 0 radical (unpaired) electrons. The van der Waals surface area contributed by atoms with Crippen molar-refractivity contribution in [3.8, 4) is 0 Å². The average Bonchev–Trinajstić information content (AvgIpc) is 2.09. The van der Waals surface area contributed by atoms with Crippen LogP contribution in [0, 0.1) is 11.8 Å². The van der Waals surface area contributed by atoms with Gasteiger partial charge in [0, 0.05) is 12.6 Å². The SMILES string of the molecule is CC1CC(C)C(C)N(C(=O)C(C)N)C1. The number of carbonyl (C=O) groups is 1. The molecule has 0 bridgehead atoms. The van der Waals surface area contributed by atoms with Crippen molar-refractivity contribution in [3.05, 3.63) is 0 Å². The maximum absolute atomic E-state index is 11.8. The van der Waals surface area contributed by atoms with Gasteiger partial charge in [-0.1, -0.05) is 13.8 Å². The second-order valence-corrected chi connectivity index (χ2v) is 4.84. The summed E-state index contributed by atoms with van der Waals surface area (Å²) < 4.78 is 0. The molecule has 0 aliphatic carbocycles. The maximum atomic E-state index is 11.8. The lowest BCUT2D eigenvalue weighted by molar-refractivity contribution is -0.138. The van der Waals surface area contributed by atoms with E-state index in [-0.39, 0.29) is 11.9 Å². The van der Waals surface area contributed by atoms with Crippen LogP contribution >= 0.6 is 0 Å². The van der Waals surface area contributed by atoms with Gasteiger partial charge in [0.25, 0.3) is 0 Å². The molecule has 1 saturated heterocycles. The Balaban J connectivity index is 2.71. The quantitative estimate of drug-likeness (QED) is 0.688. The Bertz CT molecular complexity index is 215. The van der Waals surface area contributed by atoms with Crippen molar-refractivity contribution < 1.29 is 4.79 Å². The highest BCUT2D eigenvalue weighted by molar-refractivity contribution is 5.81. The summed E-state index contributed by atoms with van der Waals surface area (Å²) in [6.07, 6.45) is 1.21. The molecule has 82 valence electrons. The molecule has 2 N–H and O–H groups in total. The van der Waals surface area contributed by atoms with Crippen molar-refractivity contribution in [2.45, 2.75) is 46.2 Å². The summed E-state index contributed by atoms with van der Waals surface area (Å²) in [5.41, 5.74) is 5.63. The Kier molecular flexibility index (Phi) is 3.53. The van der Waals surface area contributed by atoms with Crippen molar-refractivity contribution in [1.29, 1.82) is 0 Å². The average molecular weight is 198 g/mol. The summed E-state index contributed by atoms with van der Waals surface area (Å²) in [6, 6.07) is -0.0281. The lowest BCUT2D eigenvalue weighted by Crippen LogP contribution is -2.53. The van der Waals surface area contributed by atoms with Crippen LogP contribution in [0.2, 0.25) is 0 Å². The van der Waals surface area contributed by atoms with Crippen molar-refractivity contribution in [3.63, 3.8) is 0 Å². The number of carbonyl (C=O) groups excluding carboxylic acids is 1. The van der Waals surface area contributed by atoms with E-state index in [2.05, 4.69) is 20.8 Å². The number of likely N-dealkylation sites (tertiary alicyclic amines) is 1. The Morgan fingerprint density at radius 3 is 2.50 bits per heavy atom. The van der Waals surface area contributed by atoms with Crippen molar-refractivity contribution in [2.75, 3.05) is 6.54 Å². The first-order valence-corrected chi connectivity index (χ1v) is 5.49. The zero-order valence-electron chi connectivity index (χ0n) is 9.66. The van der Waals surface area contributed by atoms with E-state index in [9.17, 15) is 4.79 Å². The summed E-state index contributed by atoms with van der Waals surface area (Å²) in [6.45, 7) is 9.16. The monoisotopic (exact) mass is 198 g/mol. The molecular formula is C11H22N2O. The zero-order valence-corrected chi connectivity index (χ0v) is 9.66. The molecule has 1 heterocycles. The lowest BCUT2D eigenvalue weighted by Gasteiger charge is -2.41. The number of nitrogens with zero attached hydrogens (tertiary/aromatic N) is 1. The number of piperidine rings is 1. The molecule has 1 aliphatic heterocycles. The van der Waals surface area contributed by atoms with Gasteiger partial charge in [-0.3, -0.25) is 4.79 Å². The van der Waals surface area contributed by atoms with Gasteiger partial charge in [0.1, 0.15) is 0 Å². The van der Waals surface area contributed by atoms with Crippen LogP contribution in [0.5, 0.6) is 0 Å². The van der Waals surface area contributed by atoms with E-state index in [4.69, 9.17) is 5.73 Å². The van der Waals surface area contributed by atoms with Crippen LogP contribution in [0.15, 0.2) is 0 Å². The van der Waals surface area contributed by atoms with Crippen LogP contribution in [0.25, 0.3) is 0 Å². The summed E-state index contributed by atoms with van der Waals surface area (Å²) >= 11 is 0. The fourth-order valence-corrected chi connectivity index (χ4v) is 2.27. The molecule has 4 atom stereocenters. The summed E-state index contributed by atoms with van der Waals surface area (Å²) in [5.74, 6) is 1.28. The van der Waals surface area contributed by atoms with Crippen molar-refractivity contribution in [2.24, 2.45) is 17.6 Å². The predicted molar refractivity (Wildman–Crippen MR) is 57.8 cm³/mol. The van der Waals surface area contributed by atoms with Gasteiger partial charge < -0.3 is 10.6 Å². The van der Waals surface area contributed by atoms with E-state index in [0.717, 1.165) is 6.54 Å². The van der Waals surface area contributed by atoms with E-state index in [1.165, 1.54) is 6.42 Å². The summed E-state index contributed by atoms with van der Waals surface area (Å²) in [7, 11) is 0. The van der Waals surface area contributed by atoms with Crippen LogP contribution in [0.1, 0.15) is 34.1 Å². The standard InChI is InChI=1S/C11H22N2O/c1-7-5-8(2)10(4)13(6-7)11(14)9(3)12/h7-10H,5-6,12H2,1-4H3. The molecular weight excluding hydrogens is 176 g/mol. The van der Waals surface area contributed by atoms with E-state index in [1.807, 2.05) is 4.90 Å². The predicted octanol–water partition coefficient (Wildman–Crippen LogP) is 1.23. The van der Waals surface area contributed by atoms with Crippen LogP contribution in [-0.2, 0) is 4.79 Å². The molecule has 14 heavy (non-hydrogen) atoms. The number of nitrogens with two attached hydrogens (primary N) is 1. The van der Waals surface area contributed by atoms with Gasteiger partial charge in [-0.15, -0.1) is 0 Å². The molecule has 1 amide bonds. The number of hydrogen-bond donors (Lipinski definition) is 1. The first kappa shape index (κ1) is 11.5. The normalized spacial score (nSPS) is 35.5. The molecule has 4 unspecified atom stereocenters. The highest BCUT2D eigenvalue weighted by Gasteiger charge is 2.32. The molecule has 1 fully saturated rings. The Labute approximate surface area is 86.6 Å². The maximum Gasteiger partial charge on any atom is 0.239 e. The van der Waals surface area contributed by atoms with Crippen molar-refractivity contribution >= 4 is 5.91 Å². The van der Waals surface area contributed by atoms with Gasteiger partial charge in [-0.2, -0.15) is 0 Å². The van der Waals surface area contributed by atoms with Gasteiger partial charge in [-0.25, -0.2) is 0 Å². The van der Waals surface area contributed by atoms with Gasteiger partial charge >= 0.3 is 0 Å². The third kappa shape index (κ3) is 2.27. The summed E-state index contributed by atoms with van der Waals surface area (Å²) in [5, 5.41) is 0. The number of rotatable bonds is 1. The first-order valence-electron chi connectivity index (χ1n) is 5.49. The minimum atomic E-state index is -0.366. The van der Waals surface area contributed by atoms with Gasteiger partial charge in [0.05, 0.1) is 6.04 Å². The first-order chi connectivity index (χ1) is 6.43. The van der Waals surface area contributed by atoms with Crippen LogP contribution in [-0.4, -0.2) is 29.4 Å². The Morgan fingerprint density at radius 2 is 2.00 bits per heavy atom. The Hall–Kier alpha value is -0.570. The molecule has 3 nitrogen and oxygen atoms in total. The van der Waals surface area contributed by atoms with E-state index >= 15 is 0 Å². The van der Waals surface area contributed by atoms with Gasteiger partial charge in [-0.05, 0) is 32.1 Å². The number of amides is 1. The largest absolute Gasteiger partial charge is 0.338 e. The van der Waals surface area contributed by atoms with Crippen LogP contribution in [0.3, 0.4) is 0 Å². The Morgan fingerprint density at radius 1 is 1.43 bits per heavy atom. The topological polar surface area (TPSA) is 46.3 Å². The lowest BCUT2D eigenvalue weighted by atomic mass is 9.85. The third-order valence-electron chi connectivity index (χ3n) is 3.27. The molecule has 1 aliphatic rings. The van der Waals surface area contributed by atoms with Crippen LogP contribution in [0.4, 0.5) is 0 Å². The highest BCUT2D eigenvalue weighted by Crippen LogP contribution is 2.27. The number of hydrogen-bond acceptors (Lipinski definition) is 2. The van der Waals surface area contributed by atoms with Gasteiger partial charge in [0.2, 0.25) is 5.91 Å². The fraction of sp³-hybridized carbons (Fsp3) is 0.909. The van der Waals surface area contributed by atoms with Crippen molar-refractivity contribution in [1.82, 2.24) is 4.90 Å². The molecule has 0 spiro atoms. The van der Waals surface area contributed by atoms with E-state index < -0.39 is 0 Å². The summed E-state index contributed by atoms with van der Waals surface area (Å²) in [4.78, 5) is 13.7. The molecule has 0 saturated carbocycles.